The fourth-order valence-electron chi connectivity index (χ4n) is 9.00. The second kappa shape index (κ2) is 12.7. The van der Waals surface area contributed by atoms with Gasteiger partial charge in [-0.25, -0.2) is 0 Å². The monoisotopic (exact) mass is 726 g/mol. The Morgan fingerprint density at radius 2 is 0.915 bits per heavy atom. The van der Waals surface area contributed by atoms with Crippen LogP contribution in [0.15, 0.2) is 132 Å². The fourth-order valence-corrected chi connectivity index (χ4v) is 26.9. The van der Waals surface area contributed by atoms with Gasteiger partial charge in [-0.1, -0.05) is 0 Å². The number of hydrogen-bond donors (Lipinski definition) is 0. The third kappa shape index (κ3) is 5.13. The summed E-state index contributed by atoms with van der Waals surface area (Å²) in [5.74, 6) is 0. The zero-order valence-corrected chi connectivity index (χ0v) is 30.9. The molecule has 0 N–H and O–H groups in total. The van der Waals surface area contributed by atoms with Gasteiger partial charge in [0.15, 0.2) is 0 Å². The van der Waals surface area contributed by atoms with E-state index in [1.54, 1.807) is 22.3 Å². The number of halogens is 2. The van der Waals surface area contributed by atoms with E-state index in [9.17, 15) is 0 Å². The Labute approximate surface area is 295 Å². The minimum atomic E-state index is -2.74. The van der Waals surface area contributed by atoms with Crippen molar-refractivity contribution in [2.45, 2.75) is 42.2 Å². The minimum absolute atomic E-state index is 0. The van der Waals surface area contributed by atoms with Crippen LogP contribution in [0.1, 0.15) is 56.2 Å². The molecule has 1 fully saturated rings. The van der Waals surface area contributed by atoms with Gasteiger partial charge >= 0.3 is 273 Å². The van der Waals surface area contributed by atoms with Gasteiger partial charge in [0.1, 0.15) is 0 Å². The molecule has 3 aliphatic rings. The van der Waals surface area contributed by atoms with Gasteiger partial charge < -0.3 is 24.8 Å². The molecule has 47 heavy (non-hydrogen) atoms. The van der Waals surface area contributed by atoms with Gasteiger partial charge in [-0.05, 0) is 0 Å². The normalized spacial score (nSPS) is 17.8. The van der Waals surface area contributed by atoms with Crippen LogP contribution in [0.4, 0.5) is 0 Å². The zero-order valence-electron chi connectivity index (χ0n) is 26.9. The fraction of sp³-hybridized carbons (Fsp3) is 0.182. The first-order chi connectivity index (χ1) is 22.2. The maximum atomic E-state index is 2.62. The van der Waals surface area contributed by atoms with Crippen molar-refractivity contribution in [3.05, 3.63) is 155 Å². The molecule has 6 aromatic rings. The third-order valence-electron chi connectivity index (χ3n) is 11.2. The SMILES string of the molecule is CCC1=Cc2c(-c3ccc4ccccc4c3)cccc2[CH]1[Zr+2]1([CH]2C(CC)=Cc3c(-c4ccc5ccccc5c4)cccc32)[CH2][CH2]1.[Cl-].[Cl-]. The van der Waals surface area contributed by atoms with Crippen molar-refractivity contribution in [3.8, 4) is 22.3 Å². The Hall–Kier alpha value is -3.22. The molecule has 0 bridgehead atoms. The Morgan fingerprint density at radius 3 is 1.32 bits per heavy atom. The molecule has 0 radical (unpaired) electrons. The van der Waals surface area contributed by atoms with E-state index in [0.717, 1.165) is 12.8 Å². The molecule has 9 rings (SSSR count). The molecule has 0 aromatic heterocycles. The number of fused-ring (bicyclic) bond motifs is 4. The van der Waals surface area contributed by atoms with Gasteiger partial charge in [-0.3, -0.25) is 0 Å². The van der Waals surface area contributed by atoms with Crippen molar-refractivity contribution in [3.63, 3.8) is 0 Å². The molecule has 2 unspecified atom stereocenters. The second-order valence-electron chi connectivity index (χ2n) is 13.5. The van der Waals surface area contributed by atoms with Crippen molar-refractivity contribution < 1.29 is 45.1 Å². The first-order valence-electron chi connectivity index (χ1n) is 16.8. The van der Waals surface area contributed by atoms with Crippen LogP contribution in [0.2, 0.25) is 8.26 Å². The molecule has 0 nitrogen and oxygen atoms in total. The van der Waals surface area contributed by atoms with Crippen LogP contribution in [0.5, 0.6) is 0 Å². The van der Waals surface area contributed by atoms with Gasteiger partial charge in [0, 0.05) is 0 Å². The van der Waals surface area contributed by atoms with Crippen LogP contribution < -0.4 is 24.8 Å². The Kier molecular flexibility index (Phi) is 8.72. The summed E-state index contributed by atoms with van der Waals surface area (Å²) < 4.78 is 4.35. The molecule has 1 saturated heterocycles. The Bertz CT molecular complexity index is 2070. The predicted molar refractivity (Wildman–Crippen MR) is 190 cm³/mol. The van der Waals surface area contributed by atoms with Crippen LogP contribution in [-0.2, 0) is 20.3 Å². The predicted octanol–water partition coefficient (Wildman–Crippen LogP) is 6.74. The van der Waals surface area contributed by atoms with E-state index in [0.29, 0.717) is 7.25 Å². The van der Waals surface area contributed by atoms with Gasteiger partial charge in [-0.2, -0.15) is 0 Å². The summed E-state index contributed by atoms with van der Waals surface area (Å²) in [6.45, 7) is 4.80. The van der Waals surface area contributed by atoms with Crippen LogP contribution >= 0.6 is 0 Å². The van der Waals surface area contributed by atoms with E-state index in [4.69, 9.17) is 0 Å². The molecule has 1 heterocycles. The van der Waals surface area contributed by atoms with Crippen LogP contribution in [0.3, 0.4) is 0 Å². The van der Waals surface area contributed by atoms with Crippen molar-refractivity contribution in [2.24, 2.45) is 0 Å². The van der Waals surface area contributed by atoms with Gasteiger partial charge in [-0.15, -0.1) is 0 Å². The minimum Gasteiger partial charge on any atom is -1.00 e. The number of hydrogen-bond acceptors (Lipinski definition) is 0. The molecular weight excluding hydrogens is 691 g/mol. The molecule has 1 aliphatic heterocycles. The number of rotatable bonds is 6. The molecule has 2 aliphatic carbocycles. The first kappa shape index (κ1) is 32.3. The summed E-state index contributed by atoms with van der Waals surface area (Å²) in [4.78, 5) is 0. The van der Waals surface area contributed by atoms with Crippen molar-refractivity contribution >= 4 is 33.7 Å². The maximum absolute atomic E-state index is 2.74. The summed E-state index contributed by atoms with van der Waals surface area (Å²) in [5, 5.41) is 5.27. The van der Waals surface area contributed by atoms with E-state index < -0.39 is 20.3 Å². The van der Waals surface area contributed by atoms with Crippen molar-refractivity contribution in [1.82, 2.24) is 0 Å². The summed E-state index contributed by atoms with van der Waals surface area (Å²) in [5.41, 5.74) is 15.2. The molecule has 0 saturated carbocycles. The molecule has 2 atom stereocenters. The number of benzene rings is 6. The average Bonchev–Trinajstić information content (AvgIpc) is 3.63. The van der Waals surface area contributed by atoms with E-state index in [1.165, 1.54) is 63.2 Å². The summed E-state index contributed by atoms with van der Waals surface area (Å²) >= 11 is -2.74. The quantitative estimate of drug-likeness (QED) is 0.179. The van der Waals surface area contributed by atoms with E-state index in [-0.39, 0.29) is 24.8 Å². The number of allylic oxidation sites excluding steroid dienone is 2. The summed E-state index contributed by atoms with van der Waals surface area (Å²) in [7, 11) is 0. The largest absolute Gasteiger partial charge is 1.00 e. The Morgan fingerprint density at radius 1 is 0.489 bits per heavy atom. The molecule has 3 heteroatoms. The van der Waals surface area contributed by atoms with Gasteiger partial charge in [0.05, 0.1) is 0 Å². The van der Waals surface area contributed by atoms with Crippen LogP contribution in [-0.4, -0.2) is 0 Å². The topological polar surface area (TPSA) is 0 Å². The van der Waals surface area contributed by atoms with E-state index in [2.05, 4.69) is 147 Å². The second-order valence-corrected chi connectivity index (χ2v) is 24.8. The van der Waals surface area contributed by atoms with Crippen LogP contribution in [0.25, 0.3) is 56.0 Å². The third-order valence-corrected chi connectivity index (χ3v) is 24.3. The average molecular weight is 729 g/mol. The smallest absolute Gasteiger partial charge is 1.00 e. The van der Waals surface area contributed by atoms with Gasteiger partial charge in [0.25, 0.3) is 0 Å². The van der Waals surface area contributed by atoms with Gasteiger partial charge in [0.2, 0.25) is 0 Å². The zero-order chi connectivity index (χ0) is 30.1. The van der Waals surface area contributed by atoms with Crippen molar-refractivity contribution in [1.29, 1.82) is 0 Å². The van der Waals surface area contributed by atoms with Crippen molar-refractivity contribution in [2.75, 3.05) is 0 Å². The van der Waals surface area contributed by atoms with E-state index in [1.807, 2.05) is 0 Å². The maximum Gasteiger partial charge on any atom is -1.00 e. The van der Waals surface area contributed by atoms with Crippen LogP contribution in [0, 0.1) is 0 Å². The molecular formula is C44H38Cl2Zr. The molecule has 6 aromatic carbocycles. The summed E-state index contributed by atoms with van der Waals surface area (Å²) in [6.07, 6.45) is 7.55. The first-order valence-corrected chi connectivity index (χ1v) is 23.1. The Balaban J connectivity index is 0.00000176. The standard InChI is InChI=1S/2C21H17.C2H4.2ClH.Zr/c2*1-2-15-12-18-8-5-9-20(21(18)13-15)19-11-10-16-6-3-4-7-17(16)14-19;1-2;;;/h2*3-14H,2H2,1H3;1-2H2;2*1H;/q;;;;;+2/p-2. The molecule has 0 amide bonds. The summed E-state index contributed by atoms with van der Waals surface area (Å²) in [6, 6.07) is 46.0. The molecule has 232 valence electrons. The molecule has 0 spiro atoms. The van der Waals surface area contributed by atoms with E-state index >= 15 is 0 Å².